The molecule has 2 aliphatic heterocycles. The van der Waals surface area contributed by atoms with Gasteiger partial charge in [-0.05, 0) is 56.0 Å². The van der Waals surface area contributed by atoms with E-state index in [0.29, 0.717) is 17.6 Å². The van der Waals surface area contributed by atoms with Gasteiger partial charge in [0.25, 0.3) is 0 Å². The van der Waals surface area contributed by atoms with Crippen molar-refractivity contribution >= 4 is 22.7 Å². The fourth-order valence-corrected chi connectivity index (χ4v) is 5.83. The van der Waals surface area contributed by atoms with Crippen molar-refractivity contribution in [1.82, 2.24) is 25.0 Å². The Morgan fingerprint density at radius 3 is 2.44 bits per heavy atom. The highest BCUT2D eigenvalue weighted by molar-refractivity contribution is 5.99. The van der Waals surface area contributed by atoms with E-state index < -0.39 is 5.97 Å². The lowest BCUT2D eigenvalue weighted by Gasteiger charge is -2.41. The largest absolute Gasteiger partial charge is 0.464 e. The van der Waals surface area contributed by atoms with Crippen molar-refractivity contribution < 1.29 is 15.3 Å². The maximum atomic E-state index is 13.7. The molecule has 3 fully saturated rings. The monoisotopic (exact) mass is 494 g/mol. The average molecular weight is 495 g/mol. The molecule has 4 heterocycles. The summed E-state index contributed by atoms with van der Waals surface area (Å²) in [5, 5.41) is 9.48. The molecule has 1 N–H and O–H groups in total. The van der Waals surface area contributed by atoms with Gasteiger partial charge in [-0.3, -0.25) is 4.90 Å². The number of hydrogen-bond acceptors (Lipinski definition) is 7. The number of aromatic nitrogens is 3. The smallest absolute Gasteiger partial charge is 0.356 e. The number of fused-ring (bicyclic) bond motifs is 1. The van der Waals surface area contributed by atoms with Crippen LogP contribution in [0.4, 0.5) is 10.1 Å². The van der Waals surface area contributed by atoms with E-state index in [9.17, 15) is 9.18 Å². The Kier molecular flexibility index (Phi) is 6.35. The summed E-state index contributed by atoms with van der Waals surface area (Å²) in [6.45, 7) is 6.15. The fraction of sp³-hybridized carbons (Fsp3) is 0.519. The molecular formula is C27H35FN6O2. The van der Waals surface area contributed by atoms with Crippen LogP contribution >= 0.6 is 0 Å². The second-order valence-corrected chi connectivity index (χ2v) is 10.1. The molecule has 6 rings (SSSR count). The molecule has 192 valence electrons. The summed E-state index contributed by atoms with van der Waals surface area (Å²) in [4.78, 5) is 22.4. The van der Waals surface area contributed by atoms with E-state index in [1.807, 2.05) is 6.07 Å². The third-order valence-electron chi connectivity index (χ3n) is 8.07. The number of piperidine rings is 1. The van der Waals surface area contributed by atoms with Crippen molar-refractivity contribution in [1.29, 1.82) is 0 Å². The van der Waals surface area contributed by atoms with Crippen LogP contribution in [-0.2, 0) is 4.74 Å². The molecule has 0 amide bonds. The minimum Gasteiger partial charge on any atom is -0.464 e. The number of esters is 1. The first-order valence-corrected chi connectivity index (χ1v) is 13.1. The maximum Gasteiger partial charge on any atom is 0.356 e. The van der Waals surface area contributed by atoms with Crippen molar-refractivity contribution in [2.45, 2.75) is 44.1 Å². The van der Waals surface area contributed by atoms with Gasteiger partial charge in [0.2, 0.25) is 0 Å². The Balaban J connectivity index is 0.00000280. The zero-order valence-electron chi connectivity index (χ0n) is 20.8. The zero-order valence-corrected chi connectivity index (χ0v) is 20.8. The Bertz CT molecular complexity index is 1250. The standard InChI is InChI=1S/C27H33FN6O2.H2/c1-36-27(35)22-17-23(33-13-9-20(10-14-33)32-15-11-29-12-16-32)24-25(18-3-2-4-18)31-34(26(24)30-22)21-7-5-19(28)6-8-21;/h5-8,17-18,20,29H,2-4,9-16H2,1H3;1H. The first kappa shape index (κ1) is 23.4. The highest BCUT2D eigenvalue weighted by Crippen LogP contribution is 2.43. The van der Waals surface area contributed by atoms with Crippen LogP contribution in [0, 0.1) is 5.82 Å². The molecule has 0 bridgehead atoms. The SMILES string of the molecule is COC(=O)c1cc(N2CCC(N3CCNCC3)CC2)c2c(C3CCC3)nn(-c3ccc(F)cc3)c2n1.[HH]. The van der Waals surface area contributed by atoms with Crippen LogP contribution in [-0.4, -0.2) is 78.1 Å². The quantitative estimate of drug-likeness (QED) is 0.542. The molecule has 8 nitrogen and oxygen atoms in total. The Morgan fingerprint density at radius 1 is 1.08 bits per heavy atom. The molecule has 2 saturated heterocycles. The average Bonchev–Trinajstić information content (AvgIpc) is 3.26. The number of hydrogen-bond donors (Lipinski definition) is 1. The lowest BCUT2D eigenvalue weighted by molar-refractivity contribution is 0.0594. The van der Waals surface area contributed by atoms with Crippen LogP contribution in [0.3, 0.4) is 0 Å². The summed E-state index contributed by atoms with van der Waals surface area (Å²) < 4.78 is 20.5. The van der Waals surface area contributed by atoms with Crippen LogP contribution in [0.1, 0.15) is 55.6 Å². The maximum absolute atomic E-state index is 13.7. The molecule has 1 aliphatic carbocycles. The van der Waals surface area contributed by atoms with Crippen molar-refractivity contribution in [3.63, 3.8) is 0 Å². The van der Waals surface area contributed by atoms with Gasteiger partial charge in [-0.1, -0.05) is 6.42 Å². The van der Waals surface area contributed by atoms with E-state index in [1.165, 1.54) is 25.7 Å². The van der Waals surface area contributed by atoms with Crippen molar-refractivity contribution in [2.24, 2.45) is 0 Å². The summed E-state index contributed by atoms with van der Waals surface area (Å²) in [5.74, 6) is -0.395. The summed E-state index contributed by atoms with van der Waals surface area (Å²) in [6.07, 6.45) is 5.55. The number of nitrogens with zero attached hydrogens (tertiary/aromatic N) is 5. The number of carbonyl (C=O) groups is 1. The molecule has 3 aromatic rings. The van der Waals surface area contributed by atoms with E-state index in [0.717, 1.165) is 87.4 Å². The van der Waals surface area contributed by atoms with E-state index in [2.05, 4.69) is 15.1 Å². The Hall–Kier alpha value is -3.04. The van der Waals surface area contributed by atoms with E-state index in [-0.39, 0.29) is 12.9 Å². The van der Waals surface area contributed by atoms with Gasteiger partial charge in [0.1, 0.15) is 5.82 Å². The molecule has 1 saturated carbocycles. The lowest BCUT2D eigenvalue weighted by atomic mass is 9.82. The third kappa shape index (κ3) is 4.24. The highest BCUT2D eigenvalue weighted by atomic mass is 19.1. The summed E-state index contributed by atoms with van der Waals surface area (Å²) in [6, 6.07) is 8.75. The van der Waals surface area contributed by atoms with Gasteiger partial charge < -0.3 is 15.0 Å². The van der Waals surface area contributed by atoms with Crippen LogP contribution in [0.15, 0.2) is 30.3 Å². The molecule has 9 heteroatoms. The van der Waals surface area contributed by atoms with Gasteiger partial charge in [0, 0.05) is 52.7 Å². The Labute approximate surface area is 211 Å². The molecule has 0 spiro atoms. The van der Waals surface area contributed by atoms with Crippen molar-refractivity contribution in [3.8, 4) is 5.69 Å². The number of methoxy groups -OCH3 is 1. The molecule has 0 atom stereocenters. The minimum absolute atomic E-state index is 0. The zero-order chi connectivity index (χ0) is 24.6. The number of rotatable bonds is 5. The first-order chi connectivity index (χ1) is 17.6. The molecular weight excluding hydrogens is 459 g/mol. The number of piperazine rings is 1. The third-order valence-corrected chi connectivity index (χ3v) is 8.07. The Morgan fingerprint density at radius 2 is 1.81 bits per heavy atom. The van der Waals surface area contributed by atoms with Crippen LogP contribution in [0.2, 0.25) is 0 Å². The van der Waals surface area contributed by atoms with Crippen molar-refractivity contribution in [3.05, 3.63) is 47.5 Å². The second kappa shape index (κ2) is 9.78. The van der Waals surface area contributed by atoms with Gasteiger partial charge >= 0.3 is 5.97 Å². The predicted octanol–water partition coefficient (Wildman–Crippen LogP) is 3.73. The predicted molar refractivity (Wildman–Crippen MR) is 139 cm³/mol. The molecule has 0 unspecified atom stereocenters. The van der Waals surface area contributed by atoms with Gasteiger partial charge in [0.15, 0.2) is 11.3 Å². The normalized spacial score (nSPS) is 20.0. The highest BCUT2D eigenvalue weighted by Gasteiger charge is 2.32. The van der Waals surface area contributed by atoms with E-state index in [4.69, 9.17) is 14.8 Å². The summed E-state index contributed by atoms with van der Waals surface area (Å²) >= 11 is 0. The van der Waals surface area contributed by atoms with Crippen LogP contribution in [0.25, 0.3) is 16.7 Å². The van der Waals surface area contributed by atoms with Gasteiger partial charge in [0.05, 0.1) is 29.6 Å². The molecule has 3 aliphatic rings. The number of pyridine rings is 1. The number of benzene rings is 1. The van der Waals surface area contributed by atoms with E-state index >= 15 is 0 Å². The number of halogens is 1. The second-order valence-electron chi connectivity index (χ2n) is 10.1. The fourth-order valence-electron chi connectivity index (χ4n) is 5.83. The summed E-state index contributed by atoms with van der Waals surface area (Å²) in [7, 11) is 1.38. The topological polar surface area (TPSA) is 75.5 Å². The minimum atomic E-state index is -0.467. The van der Waals surface area contributed by atoms with Gasteiger partial charge in [-0.15, -0.1) is 0 Å². The molecule has 1 aromatic carbocycles. The molecule has 0 radical (unpaired) electrons. The van der Waals surface area contributed by atoms with Crippen LogP contribution < -0.4 is 10.2 Å². The number of carbonyl (C=O) groups excluding carboxylic acids is 1. The summed E-state index contributed by atoms with van der Waals surface area (Å²) in [5.41, 5.74) is 3.67. The van der Waals surface area contributed by atoms with Crippen LogP contribution in [0.5, 0.6) is 0 Å². The van der Waals surface area contributed by atoms with Crippen molar-refractivity contribution in [2.75, 3.05) is 51.3 Å². The van der Waals surface area contributed by atoms with E-state index in [1.54, 1.807) is 16.8 Å². The van der Waals surface area contributed by atoms with Gasteiger partial charge in [-0.2, -0.15) is 5.10 Å². The van der Waals surface area contributed by atoms with Gasteiger partial charge in [-0.25, -0.2) is 18.9 Å². The number of ether oxygens (including phenoxy) is 1. The molecule has 2 aromatic heterocycles. The number of anilines is 1. The number of nitrogens with one attached hydrogen (secondary N) is 1. The first-order valence-electron chi connectivity index (χ1n) is 13.1. The molecule has 36 heavy (non-hydrogen) atoms. The lowest BCUT2D eigenvalue weighted by Crippen LogP contribution is -2.52.